The monoisotopic (exact) mass is 321 g/mol. The topological polar surface area (TPSA) is 70.2 Å². The zero-order chi connectivity index (χ0) is 15.9. The van der Waals surface area contributed by atoms with Gasteiger partial charge in [0.05, 0.1) is 6.54 Å². The molecule has 0 heterocycles. The van der Waals surface area contributed by atoms with Gasteiger partial charge in [0.15, 0.2) is 0 Å². The lowest BCUT2D eigenvalue weighted by atomic mass is 10.3. The van der Waals surface area contributed by atoms with Crippen LogP contribution in [0.5, 0.6) is 0 Å². The molecule has 0 fully saturated rings. The van der Waals surface area contributed by atoms with Crippen molar-refractivity contribution in [1.82, 2.24) is 5.32 Å². The Hall–Kier alpha value is -2.60. The van der Waals surface area contributed by atoms with Crippen LogP contribution in [-0.4, -0.2) is 18.5 Å². The molecule has 0 radical (unpaired) electrons. The highest BCUT2D eigenvalue weighted by Gasteiger charge is 2.06. The van der Waals surface area contributed by atoms with Gasteiger partial charge in [-0.3, -0.25) is 4.79 Å². The van der Waals surface area contributed by atoms with Gasteiger partial charge in [0, 0.05) is 16.4 Å². The van der Waals surface area contributed by atoms with Gasteiger partial charge in [-0.05, 0) is 48.5 Å². The van der Waals surface area contributed by atoms with Crippen LogP contribution >= 0.6 is 11.6 Å². The largest absolute Gasteiger partial charge is 0.329 e. The SMILES string of the molecule is O=C(CNC(=O)Nc1ccc(Cl)cc1)Nc1ccc(F)cc1. The lowest BCUT2D eigenvalue weighted by Crippen LogP contribution is -2.35. The van der Waals surface area contributed by atoms with E-state index in [9.17, 15) is 14.0 Å². The predicted molar refractivity (Wildman–Crippen MR) is 83.5 cm³/mol. The van der Waals surface area contributed by atoms with Crippen molar-refractivity contribution in [2.24, 2.45) is 0 Å². The minimum Gasteiger partial charge on any atom is -0.329 e. The van der Waals surface area contributed by atoms with Crippen molar-refractivity contribution in [2.45, 2.75) is 0 Å². The number of nitrogens with one attached hydrogen (secondary N) is 3. The predicted octanol–water partition coefficient (Wildman–Crippen LogP) is 3.24. The number of carbonyl (C=O) groups is 2. The summed E-state index contributed by atoms with van der Waals surface area (Å²) in [4.78, 5) is 23.2. The van der Waals surface area contributed by atoms with E-state index in [1.807, 2.05) is 0 Å². The van der Waals surface area contributed by atoms with Gasteiger partial charge in [-0.1, -0.05) is 11.6 Å². The Balaban J connectivity index is 1.76. The normalized spacial score (nSPS) is 9.91. The minimum absolute atomic E-state index is 0.212. The Kier molecular flexibility index (Phi) is 5.32. The van der Waals surface area contributed by atoms with Gasteiger partial charge < -0.3 is 16.0 Å². The minimum atomic E-state index is -0.517. The van der Waals surface area contributed by atoms with Crippen molar-refractivity contribution in [3.63, 3.8) is 0 Å². The number of benzene rings is 2. The number of hydrogen-bond donors (Lipinski definition) is 3. The molecule has 3 N–H and O–H groups in total. The van der Waals surface area contributed by atoms with Crippen LogP contribution in [0.25, 0.3) is 0 Å². The molecule has 0 saturated heterocycles. The van der Waals surface area contributed by atoms with Gasteiger partial charge in [0.25, 0.3) is 0 Å². The Labute approximate surface area is 131 Å². The van der Waals surface area contributed by atoms with Crippen LogP contribution in [0.15, 0.2) is 48.5 Å². The smallest absolute Gasteiger partial charge is 0.319 e. The summed E-state index contributed by atoms with van der Waals surface area (Å²) in [6.45, 7) is -0.212. The van der Waals surface area contributed by atoms with E-state index in [1.165, 1.54) is 24.3 Å². The molecule has 22 heavy (non-hydrogen) atoms. The standard InChI is InChI=1S/C15H13ClFN3O2/c16-10-1-5-13(6-2-10)20-15(22)18-9-14(21)19-12-7-3-11(17)4-8-12/h1-8H,9H2,(H,19,21)(H2,18,20,22). The Morgan fingerprint density at radius 3 is 2.09 bits per heavy atom. The third-order valence-electron chi connectivity index (χ3n) is 2.64. The molecular formula is C15H13ClFN3O2. The van der Waals surface area contributed by atoms with E-state index in [1.54, 1.807) is 24.3 Å². The molecule has 0 bridgehead atoms. The second-order valence-electron chi connectivity index (χ2n) is 4.37. The van der Waals surface area contributed by atoms with Crippen LogP contribution in [0.1, 0.15) is 0 Å². The number of urea groups is 1. The van der Waals surface area contributed by atoms with Gasteiger partial charge in [-0.25, -0.2) is 9.18 Å². The van der Waals surface area contributed by atoms with E-state index in [0.29, 0.717) is 16.4 Å². The fraction of sp³-hybridized carbons (Fsp3) is 0.0667. The first kappa shape index (κ1) is 15.8. The van der Waals surface area contributed by atoms with Crippen LogP contribution in [0.3, 0.4) is 0 Å². The third-order valence-corrected chi connectivity index (χ3v) is 2.89. The number of anilines is 2. The second-order valence-corrected chi connectivity index (χ2v) is 4.81. The molecule has 7 heteroatoms. The number of halogens is 2. The summed E-state index contributed by atoms with van der Waals surface area (Å²) in [6, 6.07) is 11.4. The molecule has 0 spiro atoms. The first-order chi connectivity index (χ1) is 10.5. The summed E-state index contributed by atoms with van der Waals surface area (Å²) in [5.74, 6) is -0.809. The van der Waals surface area contributed by atoms with Crippen molar-refractivity contribution in [3.05, 3.63) is 59.4 Å². The van der Waals surface area contributed by atoms with Crippen LogP contribution in [-0.2, 0) is 4.79 Å². The molecule has 0 unspecified atom stereocenters. The molecule has 0 aliphatic carbocycles. The molecule has 0 aliphatic rings. The molecule has 0 atom stereocenters. The van der Waals surface area contributed by atoms with Crippen molar-refractivity contribution in [2.75, 3.05) is 17.2 Å². The van der Waals surface area contributed by atoms with E-state index in [0.717, 1.165) is 0 Å². The van der Waals surface area contributed by atoms with E-state index in [-0.39, 0.29) is 6.54 Å². The Morgan fingerprint density at radius 1 is 0.909 bits per heavy atom. The Morgan fingerprint density at radius 2 is 1.45 bits per heavy atom. The zero-order valence-corrected chi connectivity index (χ0v) is 12.2. The van der Waals surface area contributed by atoms with Crippen molar-refractivity contribution >= 4 is 34.9 Å². The van der Waals surface area contributed by atoms with Gasteiger partial charge in [-0.15, -0.1) is 0 Å². The average Bonchev–Trinajstić information content (AvgIpc) is 2.50. The maximum atomic E-state index is 12.7. The molecule has 0 aromatic heterocycles. The molecule has 2 rings (SSSR count). The van der Waals surface area contributed by atoms with Gasteiger partial charge in [0.2, 0.25) is 5.91 Å². The van der Waals surface area contributed by atoms with E-state index in [2.05, 4.69) is 16.0 Å². The fourth-order valence-corrected chi connectivity index (χ4v) is 1.73. The molecule has 114 valence electrons. The summed E-state index contributed by atoms with van der Waals surface area (Å²) >= 11 is 5.73. The first-order valence-electron chi connectivity index (χ1n) is 6.39. The number of rotatable bonds is 4. The van der Waals surface area contributed by atoms with Gasteiger partial charge in [-0.2, -0.15) is 0 Å². The fourth-order valence-electron chi connectivity index (χ4n) is 1.61. The summed E-state index contributed by atoms with van der Waals surface area (Å²) < 4.78 is 12.7. The van der Waals surface area contributed by atoms with Crippen LogP contribution in [0, 0.1) is 5.82 Å². The third kappa shape index (κ3) is 5.06. The second kappa shape index (κ2) is 7.42. The van der Waals surface area contributed by atoms with E-state index < -0.39 is 17.8 Å². The highest BCUT2D eigenvalue weighted by Crippen LogP contribution is 2.13. The Bertz CT molecular complexity index is 600. The van der Waals surface area contributed by atoms with E-state index in [4.69, 9.17) is 11.6 Å². The molecule has 0 aliphatic heterocycles. The molecule has 2 aromatic carbocycles. The van der Waals surface area contributed by atoms with Crippen LogP contribution in [0.2, 0.25) is 5.02 Å². The van der Waals surface area contributed by atoms with Crippen molar-refractivity contribution in [1.29, 1.82) is 0 Å². The van der Waals surface area contributed by atoms with Crippen molar-refractivity contribution < 1.29 is 14.0 Å². The number of hydrogen-bond acceptors (Lipinski definition) is 2. The number of amides is 3. The van der Waals surface area contributed by atoms with Crippen LogP contribution in [0.4, 0.5) is 20.6 Å². The quantitative estimate of drug-likeness (QED) is 0.809. The molecule has 5 nitrogen and oxygen atoms in total. The van der Waals surface area contributed by atoms with E-state index >= 15 is 0 Å². The molecule has 0 saturated carbocycles. The van der Waals surface area contributed by atoms with Gasteiger partial charge in [0.1, 0.15) is 5.82 Å². The maximum absolute atomic E-state index is 12.7. The highest BCUT2D eigenvalue weighted by molar-refractivity contribution is 6.30. The lowest BCUT2D eigenvalue weighted by Gasteiger charge is -2.08. The summed E-state index contributed by atoms with van der Waals surface area (Å²) in [5.41, 5.74) is 1.01. The average molecular weight is 322 g/mol. The van der Waals surface area contributed by atoms with Crippen LogP contribution < -0.4 is 16.0 Å². The molecule has 3 amide bonds. The van der Waals surface area contributed by atoms with Gasteiger partial charge >= 0.3 is 6.03 Å². The van der Waals surface area contributed by atoms with Crippen molar-refractivity contribution in [3.8, 4) is 0 Å². The highest BCUT2D eigenvalue weighted by atomic mass is 35.5. The molecular weight excluding hydrogens is 309 g/mol. The summed E-state index contributed by atoms with van der Waals surface area (Å²) in [5, 5.41) is 8.06. The summed E-state index contributed by atoms with van der Waals surface area (Å²) in [6.07, 6.45) is 0. The first-order valence-corrected chi connectivity index (χ1v) is 6.76. The lowest BCUT2D eigenvalue weighted by molar-refractivity contribution is -0.115. The number of carbonyl (C=O) groups excluding carboxylic acids is 2. The maximum Gasteiger partial charge on any atom is 0.319 e. The zero-order valence-electron chi connectivity index (χ0n) is 11.4. The summed E-state index contributed by atoms with van der Waals surface area (Å²) in [7, 11) is 0. The molecule has 2 aromatic rings.